The maximum Gasteiger partial charge on any atom is 0.153 e. The average molecular weight is 261 g/mol. The largest absolute Gasteiger partial charge is 0.371 e. The number of ether oxygens (including phenoxy) is 1. The summed E-state index contributed by atoms with van der Waals surface area (Å²) in [6, 6.07) is 0.198. The molecule has 17 heavy (non-hydrogen) atoms. The minimum absolute atomic E-state index is 0.198. The first kappa shape index (κ1) is 13.3. The van der Waals surface area contributed by atoms with Gasteiger partial charge in [-0.1, -0.05) is 20.3 Å². The van der Waals surface area contributed by atoms with Gasteiger partial charge in [0, 0.05) is 12.6 Å². The number of hydrogen-bond acceptors (Lipinski definition) is 4. The van der Waals surface area contributed by atoms with Crippen molar-refractivity contribution in [1.82, 2.24) is 5.32 Å². The predicted molar refractivity (Wildman–Crippen MR) is 67.8 cm³/mol. The van der Waals surface area contributed by atoms with Crippen LogP contribution in [0.4, 0.5) is 0 Å². The van der Waals surface area contributed by atoms with Crippen molar-refractivity contribution >= 4 is 9.84 Å². The van der Waals surface area contributed by atoms with Crippen LogP contribution in [0.25, 0.3) is 0 Å². The smallest absolute Gasteiger partial charge is 0.153 e. The third-order valence-corrected chi connectivity index (χ3v) is 5.91. The summed E-state index contributed by atoms with van der Waals surface area (Å²) in [7, 11) is -2.89. The molecule has 3 unspecified atom stereocenters. The zero-order chi connectivity index (χ0) is 12.5. The highest BCUT2D eigenvalue weighted by Gasteiger charge is 2.50. The van der Waals surface area contributed by atoms with E-state index in [1.165, 1.54) is 0 Å². The number of hydrogen-bond donors (Lipinski definition) is 1. The predicted octanol–water partition coefficient (Wildman–Crippen LogP) is 0.968. The Morgan fingerprint density at radius 3 is 2.88 bits per heavy atom. The van der Waals surface area contributed by atoms with Crippen LogP contribution in [0.3, 0.4) is 0 Å². The summed E-state index contributed by atoms with van der Waals surface area (Å²) >= 11 is 0. The van der Waals surface area contributed by atoms with E-state index in [4.69, 9.17) is 4.74 Å². The Kier molecular flexibility index (Phi) is 3.80. The Morgan fingerprint density at radius 2 is 2.29 bits per heavy atom. The Morgan fingerprint density at radius 1 is 1.53 bits per heavy atom. The number of nitrogens with one attached hydrogen (secondary N) is 1. The summed E-state index contributed by atoms with van der Waals surface area (Å²) in [6.45, 7) is 5.86. The zero-order valence-corrected chi connectivity index (χ0v) is 11.6. The van der Waals surface area contributed by atoms with Gasteiger partial charge < -0.3 is 10.1 Å². The SMILES string of the molecule is CCC(C)CC1NCCOC12CCS(=O)(=O)C2. The lowest BCUT2D eigenvalue weighted by Crippen LogP contribution is -2.59. The summed E-state index contributed by atoms with van der Waals surface area (Å²) in [6.07, 6.45) is 2.79. The minimum atomic E-state index is -2.89. The molecule has 0 aromatic heterocycles. The fourth-order valence-corrected chi connectivity index (χ4v) is 4.85. The summed E-state index contributed by atoms with van der Waals surface area (Å²) in [4.78, 5) is 0. The summed E-state index contributed by atoms with van der Waals surface area (Å²) < 4.78 is 29.3. The molecule has 0 aromatic carbocycles. The monoisotopic (exact) mass is 261 g/mol. The van der Waals surface area contributed by atoms with E-state index in [9.17, 15) is 8.42 Å². The molecule has 0 amide bonds. The second kappa shape index (κ2) is 4.86. The van der Waals surface area contributed by atoms with Gasteiger partial charge in [-0.2, -0.15) is 0 Å². The van der Waals surface area contributed by atoms with Crippen LogP contribution in [0, 0.1) is 5.92 Å². The molecule has 0 radical (unpaired) electrons. The van der Waals surface area contributed by atoms with Gasteiger partial charge >= 0.3 is 0 Å². The summed E-state index contributed by atoms with van der Waals surface area (Å²) in [5, 5.41) is 3.47. The molecule has 2 aliphatic rings. The van der Waals surface area contributed by atoms with Gasteiger partial charge in [0.25, 0.3) is 0 Å². The van der Waals surface area contributed by atoms with Gasteiger partial charge in [0.05, 0.1) is 23.7 Å². The van der Waals surface area contributed by atoms with Crippen LogP contribution in [-0.4, -0.2) is 44.7 Å². The molecular formula is C12H23NO3S. The number of morpholine rings is 1. The summed E-state index contributed by atoms with van der Waals surface area (Å²) in [5.41, 5.74) is -0.444. The molecule has 2 aliphatic heterocycles. The molecule has 4 nitrogen and oxygen atoms in total. The average Bonchev–Trinajstić information content (AvgIpc) is 2.58. The Hall–Kier alpha value is -0.130. The molecule has 2 fully saturated rings. The van der Waals surface area contributed by atoms with Crippen molar-refractivity contribution in [3.63, 3.8) is 0 Å². The number of sulfone groups is 1. The van der Waals surface area contributed by atoms with E-state index < -0.39 is 15.4 Å². The molecule has 0 bridgehead atoms. The van der Waals surface area contributed by atoms with E-state index in [0.29, 0.717) is 18.9 Å². The van der Waals surface area contributed by atoms with Crippen LogP contribution in [-0.2, 0) is 14.6 Å². The molecule has 100 valence electrons. The fourth-order valence-electron chi connectivity index (χ4n) is 2.87. The van der Waals surface area contributed by atoms with Gasteiger partial charge in [-0.05, 0) is 18.8 Å². The van der Waals surface area contributed by atoms with Gasteiger partial charge in [-0.25, -0.2) is 8.42 Å². The Labute approximate surface area is 104 Å². The molecule has 2 heterocycles. The lowest BCUT2D eigenvalue weighted by molar-refractivity contribution is -0.0833. The van der Waals surface area contributed by atoms with Crippen LogP contribution >= 0.6 is 0 Å². The van der Waals surface area contributed by atoms with Crippen molar-refractivity contribution < 1.29 is 13.2 Å². The van der Waals surface area contributed by atoms with Crippen molar-refractivity contribution in [2.24, 2.45) is 5.92 Å². The zero-order valence-electron chi connectivity index (χ0n) is 10.7. The highest BCUT2D eigenvalue weighted by Crippen LogP contribution is 2.35. The van der Waals surface area contributed by atoms with E-state index in [0.717, 1.165) is 19.4 Å². The van der Waals surface area contributed by atoms with Gasteiger partial charge in [0.2, 0.25) is 0 Å². The lowest BCUT2D eigenvalue weighted by Gasteiger charge is -2.42. The molecule has 5 heteroatoms. The van der Waals surface area contributed by atoms with Gasteiger partial charge in [-0.15, -0.1) is 0 Å². The van der Waals surface area contributed by atoms with Crippen molar-refractivity contribution in [2.45, 2.75) is 44.8 Å². The van der Waals surface area contributed by atoms with E-state index in [-0.39, 0.29) is 17.5 Å². The normalized spacial score (nSPS) is 38.4. The van der Waals surface area contributed by atoms with Crippen LogP contribution < -0.4 is 5.32 Å². The maximum absolute atomic E-state index is 11.7. The van der Waals surface area contributed by atoms with Crippen LogP contribution in [0.5, 0.6) is 0 Å². The van der Waals surface area contributed by atoms with Crippen LogP contribution in [0.1, 0.15) is 33.1 Å². The summed E-state index contributed by atoms with van der Waals surface area (Å²) in [5.74, 6) is 1.09. The van der Waals surface area contributed by atoms with E-state index >= 15 is 0 Å². The Balaban J connectivity index is 2.12. The molecule has 1 spiro atoms. The van der Waals surface area contributed by atoms with E-state index in [2.05, 4.69) is 19.2 Å². The number of rotatable bonds is 3. The van der Waals surface area contributed by atoms with Crippen molar-refractivity contribution in [3.05, 3.63) is 0 Å². The van der Waals surface area contributed by atoms with E-state index in [1.807, 2.05) is 0 Å². The second-order valence-electron chi connectivity index (χ2n) is 5.51. The molecule has 1 N–H and O–H groups in total. The quantitative estimate of drug-likeness (QED) is 0.822. The fraction of sp³-hybridized carbons (Fsp3) is 1.00. The highest BCUT2D eigenvalue weighted by molar-refractivity contribution is 7.91. The standard InChI is InChI=1S/C12H23NO3S/c1-3-10(2)8-11-12(16-6-5-13-11)4-7-17(14,15)9-12/h10-11,13H,3-9H2,1-2H3. The van der Waals surface area contributed by atoms with Crippen molar-refractivity contribution in [1.29, 1.82) is 0 Å². The molecule has 0 saturated carbocycles. The molecule has 0 aliphatic carbocycles. The molecule has 2 saturated heterocycles. The Bertz CT molecular complexity index is 368. The third-order valence-electron chi connectivity index (χ3n) is 4.15. The highest BCUT2D eigenvalue weighted by atomic mass is 32.2. The van der Waals surface area contributed by atoms with Gasteiger partial charge in [0.15, 0.2) is 9.84 Å². The lowest BCUT2D eigenvalue weighted by atomic mass is 9.85. The maximum atomic E-state index is 11.7. The molecule has 0 aromatic rings. The first-order chi connectivity index (χ1) is 7.97. The molecule has 2 rings (SSSR count). The second-order valence-corrected chi connectivity index (χ2v) is 7.70. The molecule has 3 atom stereocenters. The molecular weight excluding hydrogens is 238 g/mol. The van der Waals surface area contributed by atoms with Crippen molar-refractivity contribution in [2.75, 3.05) is 24.7 Å². The first-order valence-corrected chi connectivity index (χ1v) is 8.37. The topological polar surface area (TPSA) is 55.4 Å². The van der Waals surface area contributed by atoms with Crippen molar-refractivity contribution in [3.8, 4) is 0 Å². The third kappa shape index (κ3) is 2.83. The first-order valence-electron chi connectivity index (χ1n) is 6.55. The minimum Gasteiger partial charge on any atom is -0.371 e. The van der Waals surface area contributed by atoms with Gasteiger partial charge in [-0.3, -0.25) is 0 Å². The van der Waals surface area contributed by atoms with Crippen LogP contribution in [0.15, 0.2) is 0 Å². The van der Waals surface area contributed by atoms with Crippen LogP contribution in [0.2, 0.25) is 0 Å². The van der Waals surface area contributed by atoms with Gasteiger partial charge in [0.1, 0.15) is 0 Å². The van der Waals surface area contributed by atoms with E-state index in [1.54, 1.807) is 0 Å².